The largest absolute Gasteiger partial charge is 0.410 e. The fraction of sp³-hybridized carbons (Fsp3) is 0.300. The number of hydrogen-bond acceptors (Lipinski definition) is 4. The summed E-state index contributed by atoms with van der Waals surface area (Å²) < 4.78 is 48.9. The smallest absolute Gasteiger partial charge is 0.390 e. The minimum absolute atomic E-state index is 0.145. The molecule has 7 heteroatoms. The van der Waals surface area contributed by atoms with Gasteiger partial charge in [0.05, 0.1) is 0 Å². The van der Waals surface area contributed by atoms with E-state index in [1.54, 1.807) is 6.92 Å². The summed E-state index contributed by atoms with van der Waals surface area (Å²) in [4.78, 5) is 0. The Morgan fingerprint density at radius 1 is 1.29 bits per heavy atom. The van der Waals surface area contributed by atoms with Gasteiger partial charge in [-0.05, 0) is 6.92 Å². The second kappa shape index (κ2) is 4.40. The predicted molar refractivity (Wildman–Crippen MR) is 59.3 cm³/mol. The summed E-state index contributed by atoms with van der Waals surface area (Å²) in [5.41, 5.74) is -0.512. The lowest BCUT2D eigenvalue weighted by Crippen LogP contribution is -2.37. The molecule has 17 heavy (non-hydrogen) atoms. The van der Waals surface area contributed by atoms with Crippen LogP contribution in [0.1, 0.15) is 11.1 Å². The number of nitrogens with zero attached hydrogens (tertiary/aromatic N) is 1. The molecule has 0 spiro atoms. The van der Waals surface area contributed by atoms with Crippen LogP contribution in [-0.4, -0.2) is 30.8 Å². The molecular weight excluding hydrogens is 252 g/mol. The topological polar surface area (TPSA) is 66.7 Å². The van der Waals surface area contributed by atoms with Crippen molar-refractivity contribution in [1.82, 2.24) is 0 Å². The molecule has 4 nitrogen and oxygen atoms in total. The molecule has 0 aliphatic rings. The Morgan fingerprint density at radius 3 is 2.12 bits per heavy atom. The highest BCUT2D eigenvalue weighted by atomic mass is 32.2. The number of oxime groups is 1. The third-order valence-corrected chi connectivity index (χ3v) is 3.29. The molecule has 1 N–H and O–H groups in total. The molecule has 1 rings (SSSR count). The summed E-state index contributed by atoms with van der Waals surface area (Å²) in [5, 5.41) is 6.78. The van der Waals surface area contributed by atoms with Crippen LogP contribution in [0, 0.1) is 6.92 Å². The van der Waals surface area contributed by atoms with Crippen molar-refractivity contribution in [3.05, 3.63) is 35.4 Å². The van der Waals surface area contributed by atoms with Crippen LogP contribution in [0.4, 0.5) is 8.78 Å². The second-order valence-electron chi connectivity index (χ2n) is 3.60. The molecular formula is C10H11F2NO3S. The highest BCUT2D eigenvalue weighted by Crippen LogP contribution is 2.26. The fourth-order valence-electron chi connectivity index (χ4n) is 1.17. The molecule has 0 bridgehead atoms. The lowest BCUT2D eigenvalue weighted by molar-refractivity contribution is 0.163. The summed E-state index contributed by atoms with van der Waals surface area (Å²) >= 11 is 0. The van der Waals surface area contributed by atoms with Gasteiger partial charge in [-0.3, -0.25) is 0 Å². The highest BCUT2D eigenvalue weighted by Gasteiger charge is 2.48. The number of sulfone groups is 1. The van der Waals surface area contributed by atoms with Crippen molar-refractivity contribution in [2.24, 2.45) is 5.16 Å². The maximum atomic E-state index is 13.5. The minimum atomic E-state index is -4.70. The monoisotopic (exact) mass is 263 g/mol. The first-order chi connectivity index (χ1) is 7.70. The molecule has 0 radical (unpaired) electrons. The molecule has 0 unspecified atom stereocenters. The van der Waals surface area contributed by atoms with Gasteiger partial charge in [-0.2, -0.15) is 8.78 Å². The van der Waals surface area contributed by atoms with Crippen molar-refractivity contribution in [3.8, 4) is 0 Å². The van der Waals surface area contributed by atoms with Gasteiger partial charge in [0.1, 0.15) is 0 Å². The maximum Gasteiger partial charge on any atom is 0.390 e. The molecule has 0 aliphatic carbocycles. The number of alkyl halides is 2. The van der Waals surface area contributed by atoms with Gasteiger partial charge in [-0.1, -0.05) is 35.0 Å². The summed E-state index contributed by atoms with van der Waals surface area (Å²) in [7, 11) is -4.70. The van der Waals surface area contributed by atoms with Gasteiger partial charge < -0.3 is 5.21 Å². The van der Waals surface area contributed by atoms with Crippen molar-refractivity contribution in [1.29, 1.82) is 0 Å². The maximum absolute atomic E-state index is 13.5. The van der Waals surface area contributed by atoms with Crippen LogP contribution in [0.25, 0.3) is 0 Å². The molecule has 0 aromatic heterocycles. The number of hydrogen-bond donors (Lipinski definition) is 1. The van der Waals surface area contributed by atoms with E-state index in [0.29, 0.717) is 6.26 Å². The quantitative estimate of drug-likeness (QED) is 0.514. The lowest BCUT2D eigenvalue weighted by Gasteiger charge is -2.15. The molecule has 1 aromatic rings. The first-order valence-electron chi connectivity index (χ1n) is 4.57. The molecule has 0 fully saturated rings. The first kappa shape index (κ1) is 13.6. The second-order valence-corrected chi connectivity index (χ2v) is 5.66. The zero-order valence-corrected chi connectivity index (χ0v) is 10.0. The van der Waals surface area contributed by atoms with E-state index in [1.807, 2.05) is 0 Å². The Balaban J connectivity index is 3.32. The Morgan fingerprint density at radius 2 is 1.76 bits per heavy atom. The molecule has 1 aromatic carbocycles. The summed E-state index contributed by atoms with van der Waals surface area (Å²) in [6.45, 7) is 1.74. The first-order valence-corrected chi connectivity index (χ1v) is 6.46. The Kier molecular flexibility index (Phi) is 3.51. The average molecular weight is 263 g/mol. The van der Waals surface area contributed by atoms with Gasteiger partial charge in [0, 0.05) is 11.8 Å². The van der Waals surface area contributed by atoms with Gasteiger partial charge in [-0.15, -0.1) is 0 Å². The molecule has 94 valence electrons. The van der Waals surface area contributed by atoms with E-state index in [1.165, 1.54) is 24.3 Å². The van der Waals surface area contributed by atoms with E-state index < -0.39 is 20.8 Å². The van der Waals surface area contributed by atoms with Gasteiger partial charge in [-0.25, -0.2) is 8.42 Å². The summed E-state index contributed by atoms with van der Waals surface area (Å²) in [5.74, 6) is 0. The minimum Gasteiger partial charge on any atom is -0.410 e. The van der Waals surface area contributed by atoms with E-state index >= 15 is 0 Å². The van der Waals surface area contributed by atoms with Crippen LogP contribution in [0.2, 0.25) is 0 Å². The molecule has 0 aliphatic heterocycles. The van der Waals surface area contributed by atoms with Crippen LogP contribution in [-0.2, 0) is 9.84 Å². The molecule has 0 amide bonds. The van der Waals surface area contributed by atoms with Gasteiger partial charge in [0.15, 0.2) is 5.71 Å². The molecule has 0 saturated carbocycles. The SMILES string of the molecule is Cc1ccc(C(=NO)C(F)(F)S(C)(=O)=O)cc1. The Hall–Kier alpha value is -1.50. The number of benzene rings is 1. The van der Waals surface area contributed by atoms with Crippen LogP contribution in [0.3, 0.4) is 0 Å². The van der Waals surface area contributed by atoms with E-state index in [2.05, 4.69) is 5.16 Å². The van der Waals surface area contributed by atoms with Gasteiger partial charge in [0.25, 0.3) is 0 Å². The van der Waals surface area contributed by atoms with E-state index in [0.717, 1.165) is 5.56 Å². The summed E-state index contributed by atoms with van der Waals surface area (Å²) in [6, 6.07) is 5.56. The third-order valence-electron chi connectivity index (χ3n) is 2.17. The van der Waals surface area contributed by atoms with Crippen LogP contribution < -0.4 is 0 Å². The van der Waals surface area contributed by atoms with Crippen molar-refractivity contribution in [2.75, 3.05) is 6.26 Å². The third kappa shape index (κ3) is 2.60. The zero-order chi connectivity index (χ0) is 13.3. The lowest BCUT2D eigenvalue weighted by atomic mass is 10.1. The highest BCUT2D eigenvalue weighted by molar-refractivity contribution is 7.92. The van der Waals surface area contributed by atoms with Crippen molar-refractivity contribution >= 4 is 15.5 Å². The standard InChI is InChI=1S/C10H11F2NO3S/c1-7-3-5-8(6-4-7)9(13-14)10(11,12)17(2,15)16/h3-6,14H,1-2H3. The van der Waals surface area contributed by atoms with Crippen LogP contribution >= 0.6 is 0 Å². The average Bonchev–Trinajstić information content (AvgIpc) is 2.20. The number of rotatable bonds is 3. The van der Waals surface area contributed by atoms with E-state index in [9.17, 15) is 17.2 Å². The Labute approximate surface area is 97.5 Å². The predicted octanol–water partition coefficient (Wildman–Crippen LogP) is 1.81. The normalized spacial score (nSPS) is 13.8. The van der Waals surface area contributed by atoms with Gasteiger partial charge >= 0.3 is 5.25 Å². The fourth-order valence-corrected chi connectivity index (χ4v) is 1.68. The van der Waals surface area contributed by atoms with E-state index in [4.69, 9.17) is 5.21 Å². The van der Waals surface area contributed by atoms with Crippen LogP contribution in [0.5, 0.6) is 0 Å². The van der Waals surface area contributed by atoms with Gasteiger partial charge in [0.2, 0.25) is 9.84 Å². The number of halogens is 2. The van der Waals surface area contributed by atoms with Crippen molar-refractivity contribution in [3.63, 3.8) is 0 Å². The molecule has 0 heterocycles. The Bertz CT molecular complexity index is 535. The molecule has 0 saturated heterocycles. The zero-order valence-electron chi connectivity index (χ0n) is 9.18. The van der Waals surface area contributed by atoms with Crippen LogP contribution in [0.15, 0.2) is 29.4 Å². The van der Waals surface area contributed by atoms with E-state index in [-0.39, 0.29) is 5.56 Å². The van der Waals surface area contributed by atoms with Crippen molar-refractivity contribution in [2.45, 2.75) is 12.2 Å². The summed E-state index contributed by atoms with van der Waals surface area (Å²) in [6.07, 6.45) is 0.381. The number of aryl methyl sites for hydroxylation is 1. The van der Waals surface area contributed by atoms with Crippen molar-refractivity contribution < 1.29 is 22.4 Å². The molecule has 0 atom stereocenters.